The molecule has 1 aliphatic carbocycles. The highest BCUT2D eigenvalue weighted by molar-refractivity contribution is 5.64. The molecular weight excluding hydrogens is 366 g/mol. The Balaban J connectivity index is 1.54. The minimum atomic E-state index is -0.394. The molecule has 3 aromatic rings. The van der Waals surface area contributed by atoms with E-state index in [2.05, 4.69) is 15.6 Å². The molecule has 1 fully saturated rings. The Labute approximate surface area is 169 Å². The van der Waals surface area contributed by atoms with Crippen LogP contribution in [0.5, 0.6) is 0 Å². The van der Waals surface area contributed by atoms with Gasteiger partial charge in [0, 0.05) is 36.3 Å². The molecule has 0 radical (unpaired) electrons. The predicted octanol–water partition coefficient (Wildman–Crippen LogP) is 5.02. The van der Waals surface area contributed by atoms with Gasteiger partial charge in [-0.2, -0.15) is 4.98 Å². The number of nitro benzene ring substituents is 1. The largest absolute Gasteiger partial charge is 0.366 e. The summed E-state index contributed by atoms with van der Waals surface area (Å²) in [6.45, 7) is 0.520. The number of non-ortho nitro benzene ring substituents is 1. The van der Waals surface area contributed by atoms with Gasteiger partial charge in [-0.25, -0.2) is 4.98 Å². The quantitative estimate of drug-likeness (QED) is 0.435. The first-order valence-corrected chi connectivity index (χ1v) is 9.85. The van der Waals surface area contributed by atoms with Crippen LogP contribution in [-0.4, -0.2) is 20.9 Å². The lowest BCUT2D eigenvalue weighted by molar-refractivity contribution is -0.384. The van der Waals surface area contributed by atoms with Gasteiger partial charge in [0.15, 0.2) is 0 Å². The van der Waals surface area contributed by atoms with Gasteiger partial charge in [0.2, 0.25) is 5.95 Å². The molecule has 7 nitrogen and oxygen atoms in total. The second kappa shape index (κ2) is 8.68. The Hall–Kier alpha value is -3.48. The van der Waals surface area contributed by atoms with Crippen molar-refractivity contribution in [3.05, 3.63) is 76.3 Å². The molecule has 0 unspecified atom stereocenters. The zero-order chi connectivity index (χ0) is 20.1. The molecule has 1 heterocycles. The zero-order valence-corrected chi connectivity index (χ0v) is 16.0. The molecule has 2 aromatic carbocycles. The van der Waals surface area contributed by atoms with Crippen LogP contribution >= 0.6 is 0 Å². The molecule has 0 bridgehead atoms. The molecule has 1 aromatic heterocycles. The van der Waals surface area contributed by atoms with E-state index >= 15 is 0 Å². The highest BCUT2D eigenvalue weighted by Gasteiger charge is 2.16. The molecule has 29 heavy (non-hydrogen) atoms. The van der Waals surface area contributed by atoms with Gasteiger partial charge in [-0.15, -0.1) is 0 Å². The minimum Gasteiger partial charge on any atom is -0.366 e. The summed E-state index contributed by atoms with van der Waals surface area (Å²) in [5.74, 6) is 1.35. The van der Waals surface area contributed by atoms with Gasteiger partial charge in [-0.05, 0) is 18.4 Å². The second-order valence-electron chi connectivity index (χ2n) is 7.23. The summed E-state index contributed by atoms with van der Waals surface area (Å²) < 4.78 is 0. The number of hydrogen-bond donors (Lipinski definition) is 2. The van der Waals surface area contributed by atoms with Crippen molar-refractivity contribution in [3.63, 3.8) is 0 Å². The highest BCUT2D eigenvalue weighted by Crippen LogP contribution is 2.25. The van der Waals surface area contributed by atoms with E-state index in [9.17, 15) is 10.1 Å². The van der Waals surface area contributed by atoms with Crippen LogP contribution < -0.4 is 10.6 Å². The summed E-state index contributed by atoms with van der Waals surface area (Å²) in [5, 5.41) is 17.6. The van der Waals surface area contributed by atoms with Gasteiger partial charge in [0.05, 0.1) is 10.6 Å². The van der Waals surface area contributed by atoms with Crippen molar-refractivity contribution in [2.45, 2.75) is 38.3 Å². The lowest BCUT2D eigenvalue weighted by Gasteiger charge is -2.15. The molecule has 4 rings (SSSR count). The first-order chi connectivity index (χ1) is 14.2. The Morgan fingerprint density at radius 1 is 1.00 bits per heavy atom. The summed E-state index contributed by atoms with van der Waals surface area (Å²) in [7, 11) is 0. The van der Waals surface area contributed by atoms with Gasteiger partial charge < -0.3 is 10.6 Å². The lowest BCUT2D eigenvalue weighted by atomic mass is 10.1. The van der Waals surface area contributed by atoms with Crippen LogP contribution in [-0.2, 0) is 6.54 Å². The van der Waals surface area contributed by atoms with E-state index in [1.165, 1.54) is 25.0 Å². The van der Waals surface area contributed by atoms with Crippen LogP contribution in [0.15, 0.2) is 60.7 Å². The van der Waals surface area contributed by atoms with E-state index in [4.69, 9.17) is 4.98 Å². The van der Waals surface area contributed by atoms with Crippen molar-refractivity contribution in [3.8, 4) is 11.3 Å². The van der Waals surface area contributed by atoms with Gasteiger partial charge in [-0.1, -0.05) is 55.3 Å². The standard InChI is InChI=1S/C22H23N5O2/c28-27(29)19-12-10-16(11-13-19)15-23-21-14-20(17-6-2-1-3-7-17)25-22(26-21)24-18-8-4-5-9-18/h1-3,6-7,10-14,18H,4-5,8-9,15H2,(H2,23,24,25,26). The summed E-state index contributed by atoms with van der Waals surface area (Å²) in [5.41, 5.74) is 2.92. The molecule has 0 saturated heterocycles. The molecule has 2 N–H and O–H groups in total. The van der Waals surface area contributed by atoms with Gasteiger partial charge in [0.25, 0.3) is 5.69 Å². The molecule has 0 atom stereocenters. The first kappa shape index (κ1) is 18.9. The second-order valence-corrected chi connectivity index (χ2v) is 7.23. The number of rotatable bonds is 7. The number of aromatic nitrogens is 2. The summed E-state index contributed by atoms with van der Waals surface area (Å²) in [4.78, 5) is 19.8. The summed E-state index contributed by atoms with van der Waals surface area (Å²) >= 11 is 0. The normalized spacial score (nSPS) is 13.9. The molecule has 0 aliphatic heterocycles. The summed E-state index contributed by atoms with van der Waals surface area (Å²) in [6, 6.07) is 18.9. The average molecular weight is 389 g/mol. The first-order valence-electron chi connectivity index (χ1n) is 9.85. The molecule has 7 heteroatoms. The number of anilines is 2. The third-order valence-electron chi connectivity index (χ3n) is 5.10. The Kier molecular flexibility index (Phi) is 5.65. The average Bonchev–Trinajstić information content (AvgIpc) is 3.26. The fourth-order valence-corrected chi connectivity index (χ4v) is 3.54. The zero-order valence-electron chi connectivity index (χ0n) is 16.0. The maximum atomic E-state index is 10.8. The van der Waals surface area contributed by atoms with Crippen LogP contribution in [0.4, 0.5) is 17.5 Å². The van der Waals surface area contributed by atoms with E-state index in [1.54, 1.807) is 12.1 Å². The van der Waals surface area contributed by atoms with Crippen LogP contribution in [0.1, 0.15) is 31.2 Å². The van der Waals surface area contributed by atoms with Crippen molar-refractivity contribution in [1.29, 1.82) is 0 Å². The predicted molar refractivity (Wildman–Crippen MR) is 114 cm³/mol. The van der Waals surface area contributed by atoms with E-state index in [0.29, 0.717) is 18.5 Å². The molecule has 148 valence electrons. The SMILES string of the molecule is O=[N+]([O-])c1ccc(CNc2cc(-c3ccccc3)nc(NC3CCCC3)n2)cc1. The molecule has 0 spiro atoms. The lowest BCUT2D eigenvalue weighted by Crippen LogP contribution is -2.17. The van der Waals surface area contributed by atoms with Crippen molar-refractivity contribution in [2.75, 3.05) is 10.6 Å². The van der Waals surface area contributed by atoms with Crippen LogP contribution in [0.3, 0.4) is 0 Å². The number of hydrogen-bond acceptors (Lipinski definition) is 6. The maximum absolute atomic E-state index is 10.8. The van der Waals surface area contributed by atoms with Crippen LogP contribution in [0, 0.1) is 10.1 Å². The van der Waals surface area contributed by atoms with Crippen LogP contribution in [0.2, 0.25) is 0 Å². The smallest absolute Gasteiger partial charge is 0.269 e. The Bertz CT molecular complexity index is 970. The van der Waals surface area contributed by atoms with E-state index < -0.39 is 4.92 Å². The topological polar surface area (TPSA) is 93.0 Å². The highest BCUT2D eigenvalue weighted by atomic mass is 16.6. The van der Waals surface area contributed by atoms with Crippen molar-refractivity contribution in [2.24, 2.45) is 0 Å². The van der Waals surface area contributed by atoms with Crippen molar-refractivity contribution < 1.29 is 4.92 Å². The van der Waals surface area contributed by atoms with Crippen molar-refractivity contribution >= 4 is 17.5 Å². The number of nitro groups is 1. The molecule has 1 aliphatic rings. The maximum Gasteiger partial charge on any atom is 0.269 e. The number of nitrogens with zero attached hydrogens (tertiary/aromatic N) is 3. The third-order valence-corrected chi connectivity index (χ3v) is 5.10. The molecular formula is C22H23N5O2. The van der Waals surface area contributed by atoms with Gasteiger partial charge in [-0.3, -0.25) is 10.1 Å². The van der Waals surface area contributed by atoms with E-state index in [0.717, 1.165) is 35.5 Å². The van der Waals surface area contributed by atoms with Crippen LogP contribution in [0.25, 0.3) is 11.3 Å². The molecule has 1 saturated carbocycles. The third kappa shape index (κ3) is 4.87. The summed E-state index contributed by atoms with van der Waals surface area (Å²) in [6.07, 6.45) is 4.76. The van der Waals surface area contributed by atoms with E-state index in [1.807, 2.05) is 36.4 Å². The number of benzene rings is 2. The number of nitrogens with one attached hydrogen (secondary N) is 2. The minimum absolute atomic E-state index is 0.0881. The van der Waals surface area contributed by atoms with E-state index in [-0.39, 0.29) is 5.69 Å². The van der Waals surface area contributed by atoms with Crippen molar-refractivity contribution in [1.82, 2.24) is 9.97 Å². The van der Waals surface area contributed by atoms with Gasteiger partial charge >= 0.3 is 0 Å². The fraction of sp³-hybridized carbons (Fsp3) is 0.273. The fourth-order valence-electron chi connectivity index (χ4n) is 3.54. The Morgan fingerprint density at radius 2 is 1.72 bits per heavy atom. The van der Waals surface area contributed by atoms with Gasteiger partial charge in [0.1, 0.15) is 5.82 Å². The molecule has 0 amide bonds. The Morgan fingerprint density at radius 3 is 2.41 bits per heavy atom. The monoisotopic (exact) mass is 389 g/mol.